The summed E-state index contributed by atoms with van der Waals surface area (Å²) in [5.74, 6) is -3.75. The van der Waals surface area contributed by atoms with E-state index < -0.39 is 58.0 Å². The van der Waals surface area contributed by atoms with Crippen molar-refractivity contribution in [1.29, 1.82) is 0 Å². The van der Waals surface area contributed by atoms with Gasteiger partial charge in [0.1, 0.15) is 63.3 Å². The number of nitrogens with two attached hydrogens (primary N) is 1. The number of anilines is 2. The molecular formula is C104H93BrF9N11O8. The van der Waals surface area contributed by atoms with Gasteiger partial charge in [-0.3, -0.25) is 34.0 Å². The van der Waals surface area contributed by atoms with Crippen LogP contribution in [0.5, 0.6) is 23.1 Å². The molecule has 2 saturated heterocycles. The molecule has 2 aliphatic rings. The van der Waals surface area contributed by atoms with Crippen LogP contribution in [0.4, 0.5) is 50.9 Å². The van der Waals surface area contributed by atoms with Crippen LogP contribution in [-0.2, 0) is 16.8 Å². The van der Waals surface area contributed by atoms with Crippen LogP contribution in [0.25, 0.3) is 71.6 Å². The Bertz CT molecular complexity index is 7000. The zero-order valence-corrected chi connectivity index (χ0v) is 75.3. The third-order valence-electron chi connectivity index (χ3n) is 23.0. The van der Waals surface area contributed by atoms with E-state index in [0.717, 1.165) is 77.4 Å². The maximum absolute atomic E-state index is 14.4. The second-order valence-electron chi connectivity index (χ2n) is 32.8. The van der Waals surface area contributed by atoms with Crippen molar-refractivity contribution in [3.05, 3.63) is 361 Å². The number of ether oxygens (including phenoxy) is 3. The number of nitrogens with one attached hydrogen (secondary N) is 2. The maximum Gasteiger partial charge on any atom is 0.308 e. The highest BCUT2D eigenvalue weighted by molar-refractivity contribution is 9.10. The van der Waals surface area contributed by atoms with Crippen molar-refractivity contribution in [2.45, 2.75) is 90.1 Å². The molecule has 0 bridgehead atoms. The molecule has 1 amide bonds. The number of Topliss-reactive ketones (excluding diaryl/α,β-unsaturated/α-hetero) is 1. The second-order valence-corrected chi connectivity index (χ2v) is 33.7. The fraction of sp³-hybridized carbons (Fsp3) is 0.212. The van der Waals surface area contributed by atoms with Gasteiger partial charge in [-0.15, -0.1) is 0 Å². The van der Waals surface area contributed by atoms with E-state index in [9.17, 15) is 63.8 Å². The van der Waals surface area contributed by atoms with Crippen LogP contribution in [-0.4, -0.2) is 123 Å². The first-order valence-corrected chi connectivity index (χ1v) is 43.4. The molecule has 0 unspecified atom stereocenters. The van der Waals surface area contributed by atoms with E-state index >= 15 is 0 Å². The van der Waals surface area contributed by atoms with Gasteiger partial charge in [0.25, 0.3) is 17.8 Å². The number of ketones is 1. The Morgan fingerprint density at radius 3 is 1.86 bits per heavy atom. The average molecular weight is 1880 g/mol. The Morgan fingerprint density at radius 1 is 0.639 bits per heavy atom. The molecule has 0 saturated carbocycles. The number of nitrogen functional groups attached to an aromatic ring is 1. The summed E-state index contributed by atoms with van der Waals surface area (Å²) in [5.41, 5.74) is 12.8. The number of halogens is 10. The van der Waals surface area contributed by atoms with E-state index in [1.54, 1.807) is 104 Å². The first kappa shape index (κ1) is 95.0. The Balaban J connectivity index is 0.000000138. The number of carbonyl (C=O) groups excluding carboxylic acids is 3. The summed E-state index contributed by atoms with van der Waals surface area (Å²) in [7, 11) is 5.73. The third kappa shape index (κ3) is 22.4. The van der Waals surface area contributed by atoms with Crippen LogP contribution in [0, 0.1) is 56.8 Å². The summed E-state index contributed by atoms with van der Waals surface area (Å²) >= 11 is 3.60. The van der Waals surface area contributed by atoms with Crippen LogP contribution in [0.1, 0.15) is 104 Å². The van der Waals surface area contributed by atoms with E-state index in [1.807, 2.05) is 129 Å². The lowest BCUT2D eigenvalue weighted by molar-refractivity contribution is -0.131. The number of esters is 1. The zero-order valence-electron chi connectivity index (χ0n) is 73.7. The minimum atomic E-state index is -2.71. The number of aromatic nitrogens is 6. The number of pyridine rings is 5. The van der Waals surface area contributed by atoms with E-state index in [1.165, 1.54) is 31.5 Å². The minimum Gasteiger partial charge on any atom is -0.481 e. The molecule has 6 aromatic heterocycles. The van der Waals surface area contributed by atoms with Crippen LogP contribution >= 0.6 is 15.9 Å². The molecule has 0 spiro atoms. The Kier molecular flexibility index (Phi) is 29.4. The number of rotatable bonds is 20. The number of hydrogen-bond acceptors (Lipinski definition) is 16. The van der Waals surface area contributed by atoms with Crippen molar-refractivity contribution in [2.24, 2.45) is 5.84 Å². The van der Waals surface area contributed by atoms with Gasteiger partial charge < -0.3 is 39.0 Å². The van der Waals surface area contributed by atoms with E-state index in [-0.39, 0.29) is 84.1 Å². The van der Waals surface area contributed by atoms with Gasteiger partial charge in [-0.1, -0.05) is 131 Å². The fourth-order valence-corrected chi connectivity index (χ4v) is 16.8. The number of aromatic amines is 1. The number of imidazole rings is 1. The summed E-state index contributed by atoms with van der Waals surface area (Å²) < 4.78 is 142. The van der Waals surface area contributed by atoms with Gasteiger partial charge in [0, 0.05) is 138 Å². The van der Waals surface area contributed by atoms with Crippen molar-refractivity contribution >= 4 is 94.1 Å². The van der Waals surface area contributed by atoms with Crippen LogP contribution in [0.2, 0.25) is 0 Å². The molecule has 2 atom stereocenters. The first-order chi connectivity index (χ1) is 63.6. The van der Waals surface area contributed by atoms with Crippen molar-refractivity contribution < 1.29 is 73.2 Å². The van der Waals surface area contributed by atoms with Gasteiger partial charge in [-0.25, -0.2) is 60.3 Å². The molecule has 0 aliphatic carbocycles. The molecule has 0 radical (unpaired) electrons. The number of aliphatic hydroxyl groups is 1. The minimum absolute atomic E-state index is 0.00705. The summed E-state index contributed by atoms with van der Waals surface area (Å²) in [6.07, 6.45) is 6.20. The van der Waals surface area contributed by atoms with Gasteiger partial charge >= 0.3 is 5.97 Å². The molecular weight excluding hydrogens is 1780 g/mol. The topological polar surface area (TPSA) is 236 Å². The van der Waals surface area contributed by atoms with E-state index in [0.29, 0.717) is 112 Å². The highest BCUT2D eigenvalue weighted by Crippen LogP contribution is 2.50. The highest BCUT2D eigenvalue weighted by atomic mass is 79.9. The monoisotopic (exact) mass is 1870 g/mol. The maximum atomic E-state index is 14.4. The number of alkyl halides is 4. The lowest BCUT2D eigenvalue weighted by Crippen LogP contribution is -2.38. The van der Waals surface area contributed by atoms with Crippen LogP contribution < -0.4 is 40.7 Å². The second kappa shape index (κ2) is 41.1. The number of nitrogens with zero attached hydrogens (tertiary/aromatic N) is 8. The number of aryl methyl sites for hydroxylation is 3. The van der Waals surface area contributed by atoms with Crippen LogP contribution in [0.15, 0.2) is 271 Å². The van der Waals surface area contributed by atoms with Crippen molar-refractivity contribution in [1.82, 2.24) is 39.6 Å². The van der Waals surface area contributed by atoms with Gasteiger partial charge in [0.05, 0.1) is 64.6 Å². The molecule has 29 heteroatoms. The zero-order chi connectivity index (χ0) is 94.7. The average Bonchev–Trinajstić information content (AvgIpc) is 1.38. The fourth-order valence-electron chi connectivity index (χ4n) is 16.5. The normalized spacial score (nSPS) is 13.8. The molecule has 16 aromatic rings. The van der Waals surface area contributed by atoms with Gasteiger partial charge in [0.15, 0.2) is 11.2 Å². The smallest absolute Gasteiger partial charge is 0.308 e. The Hall–Kier alpha value is -14.1. The molecule has 10 aromatic carbocycles. The molecule has 5 N–H and O–H groups in total. The Labute approximate surface area is 768 Å². The highest BCUT2D eigenvalue weighted by Gasteiger charge is 2.44. The van der Waals surface area contributed by atoms with Crippen LogP contribution in [0.3, 0.4) is 0 Å². The predicted molar refractivity (Wildman–Crippen MR) is 503 cm³/mol. The van der Waals surface area contributed by atoms with Crippen molar-refractivity contribution in [3.63, 3.8) is 0 Å². The summed E-state index contributed by atoms with van der Waals surface area (Å²) in [5, 5.41) is 15.9. The first-order valence-electron chi connectivity index (χ1n) is 42.6. The SMILES string of the molecule is CC(=O)Oc1c(C)c(-c2ccc(N3CCC(F)(F)C3)cc2)nc2cc(F)cc(F)c12.COc1nc2ccc(Br)cc2cc1[C@@H](c1ccccc1)[C@@](O)(CCN(C)C)c1cccc2ccccc12.Cc1c(-c2ccc(N3CCC(F)(F)C3)cc2)[nH]c2cc(F)cc(F)c2c1=O.Cc1ccc2nc(C)c(C(=O)CCc3ccc(Oc4ccc(F)cc4)cc3)n2c1.NNC(=O)c1ccncc1. The number of hydrazine groups is 1. The molecule has 8 heterocycles. The third-order valence-corrected chi connectivity index (χ3v) is 23.5. The largest absolute Gasteiger partial charge is 0.481 e. The van der Waals surface area contributed by atoms with Gasteiger partial charge in [-0.2, -0.15) is 0 Å². The molecule has 682 valence electrons. The van der Waals surface area contributed by atoms with Gasteiger partial charge in [-0.05, 0) is 202 Å². The number of H-pyrrole nitrogens is 1. The number of methoxy groups -OCH3 is 1. The number of fused-ring (bicyclic) bond motifs is 5. The Morgan fingerprint density at radius 2 is 1.25 bits per heavy atom. The number of benzene rings is 10. The number of carbonyl (C=O) groups is 3. The molecule has 19 nitrogen and oxygen atoms in total. The number of amides is 1. The summed E-state index contributed by atoms with van der Waals surface area (Å²) in [6.45, 7) is 8.82. The molecule has 2 fully saturated rings. The van der Waals surface area contributed by atoms with E-state index in [2.05, 4.69) is 89.3 Å². The summed E-state index contributed by atoms with van der Waals surface area (Å²) in [6, 6.07) is 70.5. The lowest BCUT2D eigenvalue weighted by Gasteiger charge is -2.39. The van der Waals surface area contributed by atoms with Crippen molar-refractivity contribution in [3.8, 4) is 45.6 Å². The van der Waals surface area contributed by atoms with Gasteiger partial charge in [0.2, 0.25) is 5.88 Å². The molecule has 18 rings (SSSR count). The number of hydrogen-bond donors (Lipinski definition) is 4. The standard InChI is InChI=1S/C32H31BrN2O2.C24H21FN2O2.C22H18F4N2O2.C20H16F4N2O.C6H7N3O/c1-35(2)19-18-32(36,28-15-9-13-22-10-7-8-14-26(22)28)30(23-11-5-4-6-12-23)27-21-24-20-25(33)16-17-29(24)34-31(27)37-3;1-16-3-14-23-26-17(2)24(27(23)15-16)22(28)13-6-18-4-9-20(10-5-18)29-21-11-7-19(25)8-12-21;1-12-20(14-3-5-16(6-4-14)28-8-7-22(25,26)11-28)27-18-10-15(23)9-17(24)19(18)21(12)30-13(2)29;1-11-18(25-16-9-13(21)8-15(22)17(16)19(11)27)12-2-4-14(5-3-12)26-7-6-20(23,24)10-26;7-9-6(10)5-1-3-8-4-2-5/h4-17,20-21,30,36H,18-19H2,1-3H3;3-5,7-12,14-15H,6,13H2,1-2H3;3-6,9-10H,7-8,11H2,1-2H3;2-5,8-9H,6-7,10H2,1H3,(H,25,27);1-4H,7H2,(H,9,10)/t30-,32-;;;;/m1..../s1. The lowest BCUT2D eigenvalue weighted by atomic mass is 9.70. The van der Waals surface area contributed by atoms with Crippen molar-refractivity contribution in [2.75, 3.05) is 63.7 Å². The molecule has 133 heavy (non-hydrogen) atoms. The summed E-state index contributed by atoms with van der Waals surface area (Å²) in [4.78, 5) is 73.4. The predicted octanol–water partition coefficient (Wildman–Crippen LogP) is 22.4. The quantitative estimate of drug-likeness (QED) is 0.0139. The molecule has 2 aliphatic heterocycles. The van der Waals surface area contributed by atoms with E-state index in [4.69, 9.17) is 25.0 Å².